The molecule has 13 nitrogen and oxygen atoms in total. The van der Waals surface area contributed by atoms with Crippen LogP contribution in [0.4, 0.5) is 5.69 Å². The number of halogens is 1. The predicted octanol–water partition coefficient (Wildman–Crippen LogP) is 1.03. The number of rotatable bonds is 16. The third-order valence-corrected chi connectivity index (χ3v) is 11.0. The van der Waals surface area contributed by atoms with E-state index in [0.29, 0.717) is 54.8 Å². The van der Waals surface area contributed by atoms with Crippen LogP contribution in [0.15, 0.2) is 24.3 Å². The van der Waals surface area contributed by atoms with Crippen LogP contribution in [0.25, 0.3) is 0 Å². The van der Waals surface area contributed by atoms with E-state index in [1.165, 1.54) is 25.7 Å². The summed E-state index contributed by atoms with van der Waals surface area (Å²) in [7, 11) is 0. The highest BCUT2D eigenvalue weighted by Crippen LogP contribution is 2.32. The van der Waals surface area contributed by atoms with Crippen LogP contribution in [0.5, 0.6) is 0 Å². The van der Waals surface area contributed by atoms with Gasteiger partial charge < -0.3 is 58.1 Å². The SMILES string of the molecule is CC1CNC(C)CNC(CCNC(O)CC(CC(N)O)C(C)C(O)CC(C)C(O)c2cccc(NC(N)Cl)c2)CNC2CCCCC2NCCN1. The first-order valence-electron chi connectivity index (χ1n) is 19.5. The van der Waals surface area contributed by atoms with Gasteiger partial charge in [-0.05, 0) is 94.4 Å². The molecule has 15 N–H and O–H groups in total. The van der Waals surface area contributed by atoms with Crippen molar-refractivity contribution in [2.24, 2.45) is 29.2 Å². The highest BCUT2D eigenvalue weighted by Gasteiger charge is 2.31. The van der Waals surface area contributed by atoms with Gasteiger partial charge in [0.25, 0.3) is 0 Å². The maximum absolute atomic E-state index is 11.3. The van der Waals surface area contributed by atoms with Gasteiger partial charge in [-0.2, -0.15) is 0 Å². The topological polar surface area (TPSA) is 217 Å². The zero-order valence-corrected chi connectivity index (χ0v) is 32.3. The number of benzene rings is 1. The molecule has 2 aliphatic rings. The number of alkyl halides is 1. The van der Waals surface area contributed by atoms with E-state index in [1.54, 1.807) is 6.07 Å². The highest BCUT2D eigenvalue weighted by molar-refractivity contribution is 6.21. The van der Waals surface area contributed by atoms with Gasteiger partial charge in [0, 0.05) is 68.6 Å². The molecule has 1 aliphatic carbocycles. The van der Waals surface area contributed by atoms with Gasteiger partial charge >= 0.3 is 0 Å². The second kappa shape index (κ2) is 23.6. The fourth-order valence-corrected chi connectivity index (χ4v) is 7.73. The lowest BCUT2D eigenvalue weighted by atomic mass is 9.79. The lowest BCUT2D eigenvalue weighted by molar-refractivity contribution is 0.000384. The second-order valence-corrected chi connectivity index (χ2v) is 15.9. The summed E-state index contributed by atoms with van der Waals surface area (Å²) in [6, 6.07) is 9.11. The Hall–Kier alpha value is -1.17. The molecule has 0 amide bonds. The van der Waals surface area contributed by atoms with Crippen molar-refractivity contribution in [3.05, 3.63) is 29.8 Å². The number of hydrogen-bond donors (Lipinski definition) is 13. The first-order valence-corrected chi connectivity index (χ1v) is 19.9. The molecule has 1 saturated heterocycles. The third kappa shape index (κ3) is 16.8. The molecule has 2 fully saturated rings. The minimum atomic E-state index is -1.07. The first-order chi connectivity index (χ1) is 24.3. The van der Waals surface area contributed by atoms with Crippen molar-refractivity contribution in [2.45, 2.75) is 140 Å². The molecule has 296 valence electrons. The summed E-state index contributed by atoms with van der Waals surface area (Å²) in [5.74, 6) is -0.797. The number of hydrogen-bond acceptors (Lipinski definition) is 13. The van der Waals surface area contributed by atoms with Gasteiger partial charge in [-0.25, -0.2) is 0 Å². The highest BCUT2D eigenvalue weighted by atomic mass is 35.5. The van der Waals surface area contributed by atoms with Crippen LogP contribution < -0.4 is 48.7 Å². The Kier molecular flexibility index (Phi) is 20.4. The van der Waals surface area contributed by atoms with Crippen molar-refractivity contribution >= 4 is 17.3 Å². The van der Waals surface area contributed by atoms with Gasteiger partial charge in [-0.3, -0.25) is 11.1 Å². The molecule has 13 atom stereocenters. The molecule has 1 aromatic carbocycles. The molecule has 1 heterocycles. The predicted molar refractivity (Wildman–Crippen MR) is 208 cm³/mol. The smallest absolute Gasteiger partial charge is 0.152 e. The normalized spacial score (nSPS) is 29.2. The molecule has 51 heavy (non-hydrogen) atoms. The molecule has 3 rings (SSSR count). The third-order valence-electron chi connectivity index (χ3n) is 10.9. The van der Waals surface area contributed by atoms with Crippen LogP contribution in [-0.4, -0.2) is 114 Å². The Balaban J connectivity index is 1.54. The van der Waals surface area contributed by atoms with Crippen molar-refractivity contribution in [3.63, 3.8) is 0 Å². The van der Waals surface area contributed by atoms with E-state index in [1.807, 2.05) is 32.0 Å². The van der Waals surface area contributed by atoms with E-state index in [9.17, 15) is 20.4 Å². The first kappa shape index (κ1) is 44.2. The largest absolute Gasteiger partial charge is 0.393 e. The van der Waals surface area contributed by atoms with Crippen LogP contribution in [0.2, 0.25) is 0 Å². The van der Waals surface area contributed by atoms with Gasteiger partial charge in [-0.15, -0.1) is 0 Å². The van der Waals surface area contributed by atoms with Crippen LogP contribution in [0.3, 0.4) is 0 Å². The van der Waals surface area contributed by atoms with Crippen molar-refractivity contribution in [1.29, 1.82) is 0 Å². The fourth-order valence-electron chi connectivity index (χ4n) is 7.60. The number of fused-ring (bicyclic) bond motifs is 1. The molecular formula is C37H72ClN9O4. The molecule has 0 aromatic heterocycles. The van der Waals surface area contributed by atoms with E-state index in [0.717, 1.165) is 39.1 Å². The summed E-state index contributed by atoms with van der Waals surface area (Å²) < 4.78 is 0. The summed E-state index contributed by atoms with van der Waals surface area (Å²) in [6.07, 6.45) is 3.11. The molecule has 14 heteroatoms. The summed E-state index contributed by atoms with van der Waals surface area (Å²) >= 11 is 5.86. The minimum Gasteiger partial charge on any atom is -0.393 e. The lowest BCUT2D eigenvalue weighted by Crippen LogP contribution is -2.54. The summed E-state index contributed by atoms with van der Waals surface area (Å²) in [4.78, 5) is 0. The number of aliphatic hydroxyl groups excluding tert-OH is 4. The molecule has 1 aliphatic heterocycles. The maximum atomic E-state index is 11.3. The van der Waals surface area contributed by atoms with Gasteiger partial charge in [0.2, 0.25) is 0 Å². The van der Waals surface area contributed by atoms with Gasteiger partial charge in [0.1, 0.15) is 12.5 Å². The second-order valence-electron chi connectivity index (χ2n) is 15.4. The minimum absolute atomic E-state index is 0.218. The number of nitrogens with one attached hydrogen (secondary N) is 7. The quantitative estimate of drug-likeness (QED) is 0.0648. The zero-order valence-electron chi connectivity index (χ0n) is 31.5. The maximum Gasteiger partial charge on any atom is 0.152 e. The van der Waals surface area contributed by atoms with E-state index >= 15 is 0 Å². The summed E-state index contributed by atoms with van der Waals surface area (Å²) in [5, 5.41) is 68.5. The zero-order chi connectivity index (χ0) is 37.3. The lowest BCUT2D eigenvalue weighted by Gasteiger charge is -2.35. The van der Waals surface area contributed by atoms with Crippen LogP contribution in [0, 0.1) is 17.8 Å². The number of aliphatic hydroxyl groups is 4. The fraction of sp³-hybridized carbons (Fsp3) is 0.838. The van der Waals surface area contributed by atoms with Gasteiger partial charge in [0.05, 0.1) is 12.2 Å². The van der Waals surface area contributed by atoms with Crippen molar-refractivity contribution < 1.29 is 20.4 Å². The monoisotopic (exact) mass is 742 g/mol. The van der Waals surface area contributed by atoms with Gasteiger partial charge in [-0.1, -0.05) is 50.4 Å². The Morgan fingerprint density at radius 2 is 1.51 bits per heavy atom. The van der Waals surface area contributed by atoms with E-state index in [2.05, 4.69) is 51.1 Å². The van der Waals surface area contributed by atoms with Crippen LogP contribution >= 0.6 is 11.6 Å². The number of anilines is 1. The molecule has 1 aromatic rings. The van der Waals surface area contributed by atoms with Crippen LogP contribution in [-0.2, 0) is 0 Å². The van der Waals surface area contributed by atoms with Crippen molar-refractivity contribution in [3.8, 4) is 0 Å². The van der Waals surface area contributed by atoms with E-state index in [4.69, 9.17) is 23.1 Å². The van der Waals surface area contributed by atoms with E-state index < -0.39 is 30.3 Å². The Morgan fingerprint density at radius 1 is 0.843 bits per heavy atom. The Morgan fingerprint density at radius 3 is 2.22 bits per heavy atom. The molecule has 13 unspecified atom stereocenters. The Bertz CT molecular complexity index is 1080. The van der Waals surface area contributed by atoms with Crippen molar-refractivity contribution in [2.75, 3.05) is 44.6 Å². The summed E-state index contributed by atoms with van der Waals surface area (Å²) in [5.41, 5.74) is 12.1. The average molecular weight is 742 g/mol. The standard InChI is InChI=1S/C37H72ClN9O4/c1-23(36(51)27-8-7-9-29(17-27)47-37(38)40)16-33(48)26(4)28(18-34(39)49)19-35(50)43-13-12-30-22-46-32-11-6-5-10-31(32)42-15-14-41-24(2)20-44-25(3)21-45-30/h7-9,17,23-26,28,30-37,41-51H,5-6,10-16,18-22,39-40H2,1-4H3. The number of nitrogens with two attached hydrogens (primary N) is 2. The molecule has 0 spiro atoms. The van der Waals surface area contributed by atoms with Crippen molar-refractivity contribution in [1.82, 2.24) is 31.9 Å². The van der Waals surface area contributed by atoms with E-state index in [-0.39, 0.29) is 30.2 Å². The van der Waals surface area contributed by atoms with Gasteiger partial charge in [0.15, 0.2) is 5.62 Å². The summed E-state index contributed by atoms with van der Waals surface area (Å²) in [6.45, 7) is 13.4. The molecule has 0 radical (unpaired) electrons. The Labute approximate surface area is 312 Å². The average Bonchev–Trinajstić information content (AvgIpc) is 3.09. The molecule has 0 bridgehead atoms. The molecular weight excluding hydrogens is 670 g/mol. The molecule has 1 saturated carbocycles. The van der Waals surface area contributed by atoms with Crippen LogP contribution in [0.1, 0.15) is 90.7 Å².